The van der Waals surface area contributed by atoms with Gasteiger partial charge >= 0.3 is 0 Å². The van der Waals surface area contributed by atoms with Gasteiger partial charge in [0.25, 0.3) is 0 Å². The minimum Gasteiger partial charge on any atom is -0.489 e. The average Bonchev–Trinajstić information content (AvgIpc) is 2.62. The van der Waals surface area contributed by atoms with Crippen molar-refractivity contribution in [3.63, 3.8) is 0 Å². The summed E-state index contributed by atoms with van der Waals surface area (Å²) in [4.78, 5) is 0. The molecule has 0 spiro atoms. The molecule has 0 aromatic heterocycles. The van der Waals surface area contributed by atoms with Gasteiger partial charge in [-0.15, -0.1) is 12.4 Å². The third-order valence-corrected chi connectivity index (χ3v) is 2.38. The molecule has 1 atom stereocenters. The van der Waals surface area contributed by atoms with Gasteiger partial charge in [-0.1, -0.05) is 11.6 Å². The van der Waals surface area contributed by atoms with E-state index in [1.165, 1.54) is 0 Å². The first kappa shape index (κ1) is 11.6. The summed E-state index contributed by atoms with van der Waals surface area (Å²) >= 11 is 5.76. The normalized spacial score (nSPS) is 20.2. The van der Waals surface area contributed by atoms with Crippen molar-refractivity contribution < 1.29 is 4.74 Å². The van der Waals surface area contributed by atoms with Crippen LogP contribution in [0, 0.1) is 0 Å². The Morgan fingerprint density at radius 2 is 2.00 bits per heavy atom. The number of rotatable bonds is 2. The molecule has 4 heteroatoms. The van der Waals surface area contributed by atoms with Gasteiger partial charge in [0.05, 0.1) is 0 Å². The van der Waals surface area contributed by atoms with Gasteiger partial charge in [0.15, 0.2) is 0 Å². The Balaban J connectivity index is 0.000000980. The quantitative estimate of drug-likeness (QED) is 0.848. The Morgan fingerprint density at radius 3 is 2.57 bits per heavy atom. The zero-order valence-corrected chi connectivity index (χ0v) is 9.27. The molecule has 0 bridgehead atoms. The number of halogens is 2. The summed E-state index contributed by atoms with van der Waals surface area (Å²) in [5, 5.41) is 4.00. The minimum absolute atomic E-state index is 0. The Morgan fingerprint density at radius 1 is 1.29 bits per heavy atom. The standard InChI is InChI=1S/C10H12ClNO.ClH/c11-8-1-3-9(4-2-8)13-10-5-6-12-7-10;/h1-4,10,12H,5-7H2;1H. The van der Waals surface area contributed by atoms with E-state index < -0.39 is 0 Å². The second kappa shape index (κ2) is 5.44. The molecule has 1 saturated heterocycles. The van der Waals surface area contributed by atoms with Crippen LogP contribution in [0.3, 0.4) is 0 Å². The monoisotopic (exact) mass is 233 g/mol. The van der Waals surface area contributed by atoms with Crippen LogP contribution >= 0.6 is 24.0 Å². The molecule has 1 aromatic carbocycles. The Bertz CT molecular complexity index is 270. The van der Waals surface area contributed by atoms with Crippen molar-refractivity contribution in [1.29, 1.82) is 0 Å². The van der Waals surface area contributed by atoms with Crippen LogP contribution in [0.5, 0.6) is 5.75 Å². The van der Waals surface area contributed by atoms with Crippen molar-refractivity contribution in [3.05, 3.63) is 29.3 Å². The molecule has 2 rings (SSSR count). The minimum atomic E-state index is 0. The Labute approximate surface area is 95.0 Å². The highest BCUT2D eigenvalue weighted by Crippen LogP contribution is 2.18. The topological polar surface area (TPSA) is 21.3 Å². The first-order chi connectivity index (χ1) is 6.34. The van der Waals surface area contributed by atoms with Crippen LogP contribution in [0.25, 0.3) is 0 Å². The van der Waals surface area contributed by atoms with E-state index in [-0.39, 0.29) is 12.4 Å². The summed E-state index contributed by atoms with van der Waals surface area (Å²) in [5.41, 5.74) is 0. The molecular weight excluding hydrogens is 221 g/mol. The van der Waals surface area contributed by atoms with E-state index in [2.05, 4.69) is 5.32 Å². The van der Waals surface area contributed by atoms with E-state index in [0.29, 0.717) is 6.10 Å². The van der Waals surface area contributed by atoms with Crippen LogP contribution in [0.1, 0.15) is 6.42 Å². The van der Waals surface area contributed by atoms with E-state index in [9.17, 15) is 0 Å². The molecule has 78 valence electrons. The smallest absolute Gasteiger partial charge is 0.119 e. The van der Waals surface area contributed by atoms with Gasteiger partial charge in [-0.2, -0.15) is 0 Å². The molecule has 1 unspecified atom stereocenters. The lowest BCUT2D eigenvalue weighted by Crippen LogP contribution is -2.19. The van der Waals surface area contributed by atoms with Gasteiger partial charge in [-0.05, 0) is 37.2 Å². The lowest BCUT2D eigenvalue weighted by atomic mass is 10.3. The highest BCUT2D eigenvalue weighted by molar-refractivity contribution is 6.30. The first-order valence-electron chi connectivity index (χ1n) is 4.47. The maximum absolute atomic E-state index is 5.76. The lowest BCUT2D eigenvalue weighted by Gasteiger charge is -2.11. The van der Waals surface area contributed by atoms with E-state index in [1.54, 1.807) is 0 Å². The zero-order chi connectivity index (χ0) is 9.10. The summed E-state index contributed by atoms with van der Waals surface area (Å²) in [5.74, 6) is 0.901. The molecule has 2 nitrogen and oxygen atoms in total. The van der Waals surface area contributed by atoms with Gasteiger partial charge in [0.2, 0.25) is 0 Å². The lowest BCUT2D eigenvalue weighted by molar-refractivity contribution is 0.223. The van der Waals surface area contributed by atoms with Crippen molar-refractivity contribution in [1.82, 2.24) is 5.32 Å². The fourth-order valence-corrected chi connectivity index (χ4v) is 1.56. The average molecular weight is 234 g/mol. The molecule has 0 amide bonds. The fourth-order valence-electron chi connectivity index (χ4n) is 1.43. The summed E-state index contributed by atoms with van der Waals surface area (Å²) in [6.45, 7) is 2.00. The van der Waals surface area contributed by atoms with Gasteiger partial charge in [-0.25, -0.2) is 0 Å². The predicted molar refractivity (Wildman–Crippen MR) is 60.6 cm³/mol. The number of hydrogen-bond donors (Lipinski definition) is 1. The predicted octanol–water partition coefficient (Wildman–Crippen LogP) is 2.50. The highest BCUT2D eigenvalue weighted by Gasteiger charge is 2.15. The third kappa shape index (κ3) is 3.05. The van der Waals surface area contributed by atoms with E-state index in [4.69, 9.17) is 16.3 Å². The maximum Gasteiger partial charge on any atom is 0.119 e. The van der Waals surface area contributed by atoms with E-state index >= 15 is 0 Å². The van der Waals surface area contributed by atoms with Gasteiger partial charge in [0, 0.05) is 11.6 Å². The summed E-state index contributed by atoms with van der Waals surface area (Å²) in [6.07, 6.45) is 1.41. The molecular formula is C10H13Cl2NO. The largest absolute Gasteiger partial charge is 0.489 e. The zero-order valence-electron chi connectivity index (χ0n) is 7.70. The summed E-state index contributed by atoms with van der Waals surface area (Å²) < 4.78 is 5.71. The second-order valence-corrected chi connectivity index (χ2v) is 3.62. The molecule has 1 aliphatic heterocycles. The molecule has 1 N–H and O–H groups in total. The van der Waals surface area contributed by atoms with Gasteiger partial charge in [0.1, 0.15) is 11.9 Å². The van der Waals surface area contributed by atoms with Crippen LogP contribution in [-0.2, 0) is 0 Å². The Hall–Kier alpha value is -0.440. The number of benzene rings is 1. The number of hydrogen-bond acceptors (Lipinski definition) is 2. The van der Waals surface area contributed by atoms with Crippen molar-refractivity contribution in [2.45, 2.75) is 12.5 Å². The highest BCUT2D eigenvalue weighted by atomic mass is 35.5. The molecule has 0 saturated carbocycles. The summed E-state index contributed by atoms with van der Waals surface area (Å²) in [6, 6.07) is 7.50. The Kier molecular flexibility index (Phi) is 4.52. The van der Waals surface area contributed by atoms with Crippen LogP contribution in [0.4, 0.5) is 0 Å². The number of ether oxygens (including phenoxy) is 1. The van der Waals surface area contributed by atoms with E-state index in [0.717, 1.165) is 30.3 Å². The van der Waals surface area contributed by atoms with Crippen LogP contribution < -0.4 is 10.1 Å². The maximum atomic E-state index is 5.76. The molecule has 1 fully saturated rings. The van der Waals surface area contributed by atoms with Crippen LogP contribution in [-0.4, -0.2) is 19.2 Å². The molecule has 1 aliphatic rings. The van der Waals surface area contributed by atoms with Crippen molar-refractivity contribution in [3.8, 4) is 5.75 Å². The van der Waals surface area contributed by atoms with Crippen molar-refractivity contribution in [2.75, 3.05) is 13.1 Å². The summed E-state index contributed by atoms with van der Waals surface area (Å²) in [7, 11) is 0. The van der Waals surface area contributed by atoms with Gasteiger partial charge < -0.3 is 10.1 Å². The molecule has 14 heavy (non-hydrogen) atoms. The first-order valence-corrected chi connectivity index (χ1v) is 4.85. The molecule has 1 aromatic rings. The third-order valence-electron chi connectivity index (χ3n) is 2.13. The second-order valence-electron chi connectivity index (χ2n) is 3.19. The fraction of sp³-hybridized carbons (Fsp3) is 0.400. The van der Waals surface area contributed by atoms with Gasteiger partial charge in [-0.3, -0.25) is 0 Å². The SMILES string of the molecule is Cl.Clc1ccc(OC2CCNC2)cc1. The van der Waals surface area contributed by atoms with Crippen LogP contribution in [0.2, 0.25) is 5.02 Å². The van der Waals surface area contributed by atoms with E-state index in [1.807, 2.05) is 24.3 Å². The molecule has 1 heterocycles. The number of nitrogens with one attached hydrogen (secondary N) is 1. The van der Waals surface area contributed by atoms with Crippen molar-refractivity contribution >= 4 is 24.0 Å². The van der Waals surface area contributed by atoms with Crippen LogP contribution in [0.15, 0.2) is 24.3 Å². The molecule has 0 radical (unpaired) electrons. The van der Waals surface area contributed by atoms with Crippen molar-refractivity contribution in [2.24, 2.45) is 0 Å². The molecule has 0 aliphatic carbocycles.